The van der Waals surface area contributed by atoms with E-state index in [0.29, 0.717) is 6.04 Å². The van der Waals surface area contributed by atoms with Gasteiger partial charge in [0.15, 0.2) is 0 Å². The van der Waals surface area contributed by atoms with Crippen molar-refractivity contribution >= 4 is 0 Å². The van der Waals surface area contributed by atoms with Gasteiger partial charge >= 0.3 is 0 Å². The third-order valence-corrected chi connectivity index (χ3v) is 4.06. The first-order valence-corrected chi connectivity index (χ1v) is 7.19. The van der Waals surface area contributed by atoms with Crippen molar-refractivity contribution in [3.8, 4) is 0 Å². The van der Waals surface area contributed by atoms with Crippen LogP contribution in [0.4, 0.5) is 0 Å². The van der Waals surface area contributed by atoms with Gasteiger partial charge in [-0.15, -0.1) is 0 Å². The topological polar surface area (TPSA) is 29.3 Å². The summed E-state index contributed by atoms with van der Waals surface area (Å²) in [6.07, 6.45) is 4.78. The monoisotopic (exact) mass is 246 g/mol. The van der Waals surface area contributed by atoms with Crippen LogP contribution < -0.4 is 5.73 Å². The zero-order valence-corrected chi connectivity index (χ0v) is 11.8. The van der Waals surface area contributed by atoms with E-state index in [-0.39, 0.29) is 0 Å². The Labute approximate surface area is 111 Å². The van der Waals surface area contributed by atoms with Crippen LogP contribution in [0.5, 0.6) is 0 Å². The average molecular weight is 246 g/mol. The number of benzene rings is 1. The number of hydrogen-bond donors (Lipinski definition) is 1. The van der Waals surface area contributed by atoms with Crippen LogP contribution in [0, 0.1) is 13.8 Å². The Morgan fingerprint density at radius 3 is 2.83 bits per heavy atom. The van der Waals surface area contributed by atoms with Gasteiger partial charge in [-0.2, -0.15) is 0 Å². The second-order valence-corrected chi connectivity index (χ2v) is 5.71. The first kappa shape index (κ1) is 13.6. The van der Waals surface area contributed by atoms with Crippen LogP contribution in [0.2, 0.25) is 0 Å². The Balaban J connectivity index is 1.87. The highest BCUT2D eigenvalue weighted by molar-refractivity contribution is 5.30. The summed E-state index contributed by atoms with van der Waals surface area (Å²) >= 11 is 0. The Bertz CT molecular complexity index is 387. The fraction of sp³-hybridized carbons (Fsp3) is 0.625. The van der Waals surface area contributed by atoms with E-state index in [0.717, 1.165) is 6.42 Å². The molecule has 1 saturated heterocycles. The van der Waals surface area contributed by atoms with Crippen molar-refractivity contribution in [1.29, 1.82) is 0 Å². The zero-order valence-electron chi connectivity index (χ0n) is 11.8. The van der Waals surface area contributed by atoms with Crippen molar-refractivity contribution in [2.24, 2.45) is 5.73 Å². The molecule has 2 N–H and O–H groups in total. The third kappa shape index (κ3) is 3.82. The number of aryl methyl sites for hydroxylation is 2. The molecule has 0 aromatic heterocycles. The molecule has 2 nitrogen and oxygen atoms in total. The summed E-state index contributed by atoms with van der Waals surface area (Å²) in [7, 11) is 0. The van der Waals surface area contributed by atoms with Crippen molar-refractivity contribution in [1.82, 2.24) is 4.90 Å². The third-order valence-electron chi connectivity index (χ3n) is 4.06. The number of hydrogen-bond acceptors (Lipinski definition) is 2. The predicted octanol–water partition coefficient (Wildman–Crippen LogP) is 2.66. The van der Waals surface area contributed by atoms with E-state index in [4.69, 9.17) is 5.73 Å². The highest BCUT2D eigenvalue weighted by Crippen LogP contribution is 2.14. The van der Waals surface area contributed by atoms with Crippen molar-refractivity contribution in [2.45, 2.75) is 45.6 Å². The lowest BCUT2D eigenvalue weighted by Crippen LogP contribution is -2.28. The highest BCUT2D eigenvalue weighted by Gasteiger charge is 2.13. The standard InChI is InChI=1S/C16H26N2/c1-13-5-6-15(14(2)12-13)7-10-18-9-3-4-16(17)8-11-18/h5-6,12,16H,3-4,7-11,17H2,1-2H3. The molecule has 0 bridgehead atoms. The molecule has 2 heteroatoms. The molecule has 0 aliphatic carbocycles. The molecule has 1 aliphatic rings. The van der Waals surface area contributed by atoms with Crippen LogP contribution in [0.1, 0.15) is 36.0 Å². The SMILES string of the molecule is Cc1ccc(CCN2CCCC(N)CC2)c(C)c1. The summed E-state index contributed by atoms with van der Waals surface area (Å²) < 4.78 is 0. The first-order chi connectivity index (χ1) is 8.65. The Morgan fingerprint density at radius 2 is 2.06 bits per heavy atom. The van der Waals surface area contributed by atoms with Crippen LogP contribution in [0.25, 0.3) is 0 Å². The van der Waals surface area contributed by atoms with E-state index >= 15 is 0 Å². The van der Waals surface area contributed by atoms with Crippen LogP contribution in [-0.2, 0) is 6.42 Å². The van der Waals surface area contributed by atoms with Gasteiger partial charge in [-0.1, -0.05) is 23.8 Å². The lowest BCUT2D eigenvalue weighted by molar-refractivity contribution is 0.287. The van der Waals surface area contributed by atoms with Crippen LogP contribution in [0.15, 0.2) is 18.2 Å². The molecule has 0 amide bonds. The molecule has 100 valence electrons. The maximum absolute atomic E-state index is 6.02. The van der Waals surface area contributed by atoms with E-state index in [1.807, 2.05) is 0 Å². The molecule has 1 atom stereocenters. The summed E-state index contributed by atoms with van der Waals surface area (Å²) in [5, 5.41) is 0. The molecule has 18 heavy (non-hydrogen) atoms. The molecule has 0 saturated carbocycles. The number of likely N-dealkylation sites (tertiary alicyclic amines) is 1. The van der Waals surface area contributed by atoms with Crippen LogP contribution in [-0.4, -0.2) is 30.6 Å². The Hall–Kier alpha value is -0.860. The summed E-state index contributed by atoms with van der Waals surface area (Å²) in [6.45, 7) is 7.95. The normalized spacial score (nSPS) is 21.8. The smallest absolute Gasteiger partial charge is 0.00514 e. The summed E-state index contributed by atoms with van der Waals surface area (Å²) in [6, 6.07) is 7.22. The molecule has 1 unspecified atom stereocenters. The summed E-state index contributed by atoms with van der Waals surface area (Å²) in [5.74, 6) is 0. The van der Waals surface area contributed by atoms with Crippen LogP contribution in [0.3, 0.4) is 0 Å². The van der Waals surface area contributed by atoms with Gasteiger partial charge in [0.05, 0.1) is 0 Å². The first-order valence-electron chi connectivity index (χ1n) is 7.19. The van der Waals surface area contributed by atoms with Crippen molar-refractivity contribution in [2.75, 3.05) is 19.6 Å². The molecule has 0 radical (unpaired) electrons. The van der Waals surface area contributed by atoms with Gasteiger partial charge in [0, 0.05) is 12.6 Å². The Kier molecular flexibility index (Phi) is 4.79. The molecule has 1 aromatic rings. The highest BCUT2D eigenvalue weighted by atomic mass is 15.1. The largest absolute Gasteiger partial charge is 0.328 e. The molecule has 1 fully saturated rings. The maximum atomic E-state index is 6.02. The van der Waals surface area contributed by atoms with Gasteiger partial charge in [-0.3, -0.25) is 0 Å². The second kappa shape index (κ2) is 6.35. The van der Waals surface area contributed by atoms with Gasteiger partial charge in [-0.05, 0) is 63.7 Å². The van der Waals surface area contributed by atoms with E-state index in [9.17, 15) is 0 Å². The molecule has 1 heterocycles. The molecule has 1 aromatic carbocycles. The molecular weight excluding hydrogens is 220 g/mol. The quantitative estimate of drug-likeness (QED) is 0.888. The lowest BCUT2D eigenvalue weighted by Gasteiger charge is -2.20. The fourth-order valence-corrected chi connectivity index (χ4v) is 2.81. The van der Waals surface area contributed by atoms with E-state index < -0.39 is 0 Å². The second-order valence-electron chi connectivity index (χ2n) is 5.71. The van der Waals surface area contributed by atoms with E-state index in [1.54, 1.807) is 0 Å². The average Bonchev–Trinajstić information content (AvgIpc) is 2.53. The van der Waals surface area contributed by atoms with Gasteiger partial charge < -0.3 is 10.6 Å². The van der Waals surface area contributed by atoms with Crippen molar-refractivity contribution in [3.63, 3.8) is 0 Å². The van der Waals surface area contributed by atoms with Gasteiger partial charge in [-0.25, -0.2) is 0 Å². The molecular formula is C16H26N2. The molecule has 0 spiro atoms. The van der Waals surface area contributed by atoms with Crippen LogP contribution >= 0.6 is 0 Å². The number of rotatable bonds is 3. The molecule has 1 aliphatic heterocycles. The van der Waals surface area contributed by atoms with Gasteiger partial charge in [0.25, 0.3) is 0 Å². The van der Waals surface area contributed by atoms with E-state index in [2.05, 4.69) is 36.9 Å². The van der Waals surface area contributed by atoms with Crippen molar-refractivity contribution in [3.05, 3.63) is 34.9 Å². The minimum absolute atomic E-state index is 0.427. The van der Waals surface area contributed by atoms with Gasteiger partial charge in [0.2, 0.25) is 0 Å². The molecule has 2 rings (SSSR count). The van der Waals surface area contributed by atoms with Gasteiger partial charge in [0.1, 0.15) is 0 Å². The Morgan fingerprint density at radius 1 is 1.22 bits per heavy atom. The number of nitrogens with two attached hydrogens (primary N) is 1. The maximum Gasteiger partial charge on any atom is 0.00514 e. The number of nitrogens with zero attached hydrogens (tertiary/aromatic N) is 1. The predicted molar refractivity (Wildman–Crippen MR) is 77.9 cm³/mol. The van der Waals surface area contributed by atoms with E-state index in [1.165, 1.54) is 55.6 Å². The fourth-order valence-electron chi connectivity index (χ4n) is 2.81. The van der Waals surface area contributed by atoms with Crippen molar-refractivity contribution < 1.29 is 0 Å². The summed E-state index contributed by atoms with van der Waals surface area (Å²) in [4.78, 5) is 2.58. The summed E-state index contributed by atoms with van der Waals surface area (Å²) in [5.41, 5.74) is 10.3. The minimum Gasteiger partial charge on any atom is -0.328 e. The lowest BCUT2D eigenvalue weighted by atomic mass is 10.0. The minimum atomic E-state index is 0.427. The zero-order chi connectivity index (χ0) is 13.0.